The maximum absolute atomic E-state index is 14.2. The van der Waals surface area contributed by atoms with Gasteiger partial charge in [-0.1, -0.05) is 0 Å². The molecule has 1 aromatic carbocycles. The van der Waals surface area contributed by atoms with Crippen molar-refractivity contribution in [2.75, 3.05) is 51.7 Å². The van der Waals surface area contributed by atoms with E-state index >= 15 is 0 Å². The van der Waals surface area contributed by atoms with Crippen molar-refractivity contribution in [1.82, 2.24) is 14.7 Å². The van der Waals surface area contributed by atoms with Gasteiger partial charge in [0.15, 0.2) is 0 Å². The Morgan fingerprint density at radius 2 is 1.85 bits per heavy atom. The van der Waals surface area contributed by atoms with Crippen LogP contribution in [0.4, 0.5) is 19.7 Å². The van der Waals surface area contributed by atoms with Gasteiger partial charge in [-0.2, -0.15) is 0 Å². The van der Waals surface area contributed by atoms with E-state index in [-0.39, 0.29) is 29.5 Å². The van der Waals surface area contributed by atoms with Crippen LogP contribution in [0, 0.1) is 5.82 Å². The molecule has 0 saturated carbocycles. The van der Waals surface area contributed by atoms with E-state index in [0.717, 1.165) is 69.5 Å². The van der Waals surface area contributed by atoms with Crippen LogP contribution < -0.4 is 4.90 Å². The molecule has 2 fully saturated rings. The fourth-order valence-corrected chi connectivity index (χ4v) is 5.70. The molecule has 1 atom stereocenters. The summed E-state index contributed by atoms with van der Waals surface area (Å²) in [7, 11) is 3.51. The van der Waals surface area contributed by atoms with E-state index in [0.29, 0.717) is 12.6 Å². The largest absolute Gasteiger partial charge is 0.447 e. The van der Waals surface area contributed by atoms with Gasteiger partial charge in [0.2, 0.25) is 0 Å². The first kappa shape index (κ1) is 23.8. The molecule has 3 heterocycles. The fraction of sp³-hybridized carbons (Fsp3) is 0.680. The quantitative estimate of drug-likeness (QED) is 0.668. The zero-order valence-corrected chi connectivity index (χ0v) is 20.3. The second-order valence-corrected chi connectivity index (χ2v) is 10.2. The van der Waals surface area contributed by atoms with Gasteiger partial charge in [0.25, 0.3) is 0 Å². The van der Waals surface area contributed by atoms with E-state index in [1.54, 1.807) is 31.1 Å². The van der Waals surface area contributed by atoms with Crippen LogP contribution in [-0.4, -0.2) is 85.8 Å². The van der Waals surface area contributed by atoms with Crippen LogP contribution in [0.5, 0.6) is 0 Å². The average Bonchev–Trinajstić information content (AvgIpc) is 2.92. The topological polar surface area (TPSA) is 56.3 Å². The summed E-state index contributed by atoms with van der Waals surface area (Å²) in [6.07, 6.45) is 4.46. The summed E-state index contributed by atoms with van der Waals surface area (Å²) in [6.45, 7) is 7.66. The Kier molecular flexibility index (Phi) is 6.84. The molecule has 0 radical (unpaired) electrons. The fourth-order valence-electron chi connectivity index (χ4n) is 5.70. The Morgan fingerprint density at radius 1 is 1.12 bits per heavy atom. The zero-order chi connectivity index (χ0) is 23.8. The Morgan fingerprint density at radius 3 is 2.52 bits per heavy atom. The Bertz CT molecular complexity index is 882. The van der Waals surface area contributed by atoms with Crippen molar-refractivity contribution in [2.24, 2.45) is 0 Å². The van der Waals surface area contributed by atoms with Crippen LogP contribution in [0.3, 0.4) is 0 Å². The van der Waals surface area contributed by atoms with Crippen LogP contribution in [0.1, 0.15) is 51.5 Å². The molecule has 0 N–H and O–H groups in total. The lowest BCUT2D eigenvalue weighted by molar-refractivity contribution is 0.0755. The first-order valence-electron chi connectivity index (χ1n) is 12.2. The number of nitrogens with zero attached hydrogens (tertiary/aromatic N) is 4. The molecule has 0 aliphatic carbocycles. The Balaban J connectivity index is 1.43. The molecule has 2 saturated heterocycles. The van der Waals surface area contributed by atoms with Crippen molar-refractivity contribution in [3.63, 3.8) is 0 Å². The number of hydrogen-bond donors (Lipinski definition) is 0. The molecule has 3 amide bonds. The number of carbonyl (C=O) groups is 2. The molecule has 7 nitrogen and oxygen atoms in total. The summed E-state index contributed by atoms with van der Waals surface area (Å²) < 4.78 is 19.6. The first-order valence-corrected chi connectivity index (χ1v) is 12.2. The lowest BCUT2D eigenvalue weighted by Gasteiger charge is -2.43. The Labute approximate surface area is 196 Å². The molecule has 8 heteroatoms. The standard InChI is InChI=1S/C25H37FN4O3/c1-18(2)33-24(32)29-12-5-6-20(9-13-29)28-14-10-25(11-15-28)17-30(23(31)27(3)4)22-8-7-19(26)16-21(22)25/h7-8,16,18,20H,5-6,9-15,17H2,1-4H3. The molecule has 4 rings (SSSR count). The van der Waals surface area contributed by atoms with Gasteiger partial charge in [0, 0.05) is 50.9 Å². The predicted octanol–water partition coefficient (Wildman–Crippen LogP) is 4.06. The third kappa shape index (κ3) is 4.81. The van der Waals surface area contributed by atoms with Crippen molar-refractivity contribution in [1.29, 1.82) is 0 Å². The van der Waals surface area contributed by atoms with Crippen molar-refractivity contribution in [3.05, 3.63) is 29.6 Å². The number of piperidine rings is 1. The van der Waals surface area contributed by atoms with E-state index in [9.17, 15) is 14.0 Å². The van der Waals surface area contributed by atoms with E-state index < -0.39 is 0 Å². The van der Waals surface area contributed by atoms with E-state index in [2.05, 4.69) is 4.90 Å². The highest BCUT2D eigenvalue weighted by molar-refractivity contribution is 5.95. The summed E-state index contributed by atoms with van der Waals surface area (Å²) in [5.74, 6) is -0.244. The van der Waals surface area contributed by atoms with Crippen molar-refractivity contribution in [3.8, 4) is 0 Å². The minimum absolute atomic E-state index is 0.0562. The van der Waals surface area contributed by atoms with Crippen LogP contribution in [0.15, 0.2) is 18.2 Å². The number of urea groups is 1. The molecule has 1 unspecified atom stereocenters. The molecule has 182 valence electrons. The maximum Gasteiger partial charge on any atom is 0.410 e. The van der Waals surface area contributed by atoms with Gasteiger partial charge in [-0.15, -0.1) is 0 Å². The molecular weight excluding hydrogens is 423 g/mol. The van der Waals surface area contributed by atoms with Crippen molar-refractivity contribution in [2.45, 2.75) is 63.5 Å². The van der Waals surface area contributed by atoms with Gasteiger partial charge < -0.3 is 19.4 Å². The minimum Gasteiger partial charge on any atom is -0.447 e. The summed E-state index contributed by atoms with van der Waals surface area (Å²) in [5.41, 5.74) is 1.62. The summed E-state index contributed by atoms with van der Waals surface area (Å²) in [4.78, 5) is 32.9. The van der Waals surface area contributed by atoms with E-state index in [1.165, 1.54) is 6.07 Å². The summed E-state index contributed by atoms with van der Waals surface area (Å²) >= 11 is 0. The number of halogens is 1. The predicted molar refractivity (Wildman–Crippen MR) is 126 cm³/mol. The van der Waals surface area contributed by atoms with Crippen LogP contribution in [0.2, 0.25) is 0 Å². The molecular formula is C25H37FN4O3. The molecule has 3 aliphatic rings. The molecule has 0 aromatic heterocycles. The highest BCUT2D eigenvalue weighted by atomic mass is 19.1. The summed E-state index contributed by atoms with van der Waals surface area (Å²) in [6, 6.07) is 5.22. The normalized spacial score (nSPS) is 22.9. The van der Waals surface area contributed by atoms with Crippen molar-refractivity contribution >= 4 is 17.8 Å². The lowest BCUT2D eigenvalue weighted by Crippen LogP contribution is -2.50. The number of carbonyl (C=O) groups excluding carboxylic acids is 2. The number of hydrogen-bond acceptors (Lipinski definition) is 4. The molecule has 1 aromatic rings. The molecule has 1 spiro atoms. The average molecular weight is 461 g/mol. The van der Waals surface area contributed by atoms with Crippen molar-refractivity contribution < 1.29 is 18.7 Å². The second kappa shape index (κ2) is 9.49. The van der Waals surface area contributed by atoms with E-state index in [1.807, 2.05) is 23.6 Å². The van der Waals surface area contributed by atoms with Crippen LogP contribution >= 0.6 is 0 Å². The number of fused-ring (bicyclic) bond motifs is 2. The number of benzene rings is 1. The SMILES string of the molecule is CC(C)OC(=O)N1CCCC(N2CCC3(CC2)CN(C(=O)N(C)C)c2ccc(F)cc23)CC1. The number of likely N-dealkylation sites (tertiary alicyclic amines) is 2. The highest BCUT2D eigenvalue weighted by Gasteiger charge is 2.47. The Hall–Kier alpha value is -2.35. The van der Waals surface area contributed by atoms with Gasteiger partial charge in [-0.3, -0.25) is 4.90 Å². The highest BCUT2D eigenvalue weighted by Crippen LogP contribution is 2.48. The third-order valence-electron chi connectivity index (χ3n) is 7.46. The summed E-state index contributed by atoms with van der Waals surface area (Å²) in [5, 5.41) is 0. The van der Waals surface area contributed by atoms with E-state index in [4.69, 9.17) is 4.74 Å². The first-order chi connectivity index (χ1) is 15.7. The van der Waals surface area contributed by atoms with Gasteiger partial charge in [-0.05, 0) is 82.8 Å². The number of amides is 3. The van der Waals surface area contributed by atoms with Gasteiger partial charge in [0.1, 0.15) is 5.82 Å². The number of rotatable bonds is 2. The number of anilines is 1. The smallest absolute Gasteiger partial charge is 0.410 e. The monoisotopic (exact) mass is 460 g/mol. The third-order valence-corrected chi connectivity index (χ3v) is 7.46. The zero-order valence-electron chi connectivity index (χ0n) is 20.3. The molecule has 3 aliphatic heterocycles. The van der Waals surface area contributed by atoms with Crippen LogP contribution in [-0.2, 0) is 10.2 Å². The molecule has 33 heavy (non-hydrogen) atoms. The second-order valence-electron chi connectivity index (χ2n) is 10.2. The number of ether oxygens (including phenoxy) is 1. The van der Waals surface area contributed by atoms with Gasteiger partial charge in [-0.25, -0.2) is 14.0 Å². The minimum atomic E-state index is -0.244. The van der Waals surface area contributed by atoms with Crippen LogP contribution in [0.25, 0.3) is 0 Å². The lowest BCUT2D eigenvalue weighted by atomic mass is 9.74. The maximum atomic E-state index is 14.2. The molecule has 0 bridgehead atoms. The van der Waals surface area contributed by atoms with Gasteiger partial charge in [0.05, 0.1) is 6.10 Å². The van der Waals surface area contributed by atoms with Gasteiger partial charge >= 0.3 is 12.1 Å².